The normalized spacial score (nSPS) is 13.4. The second kappa shape index (κ2) is 8.98. The number of carbonyl (C=O) groups is 1. The number of fused-ring (bicyclic) bond motifs is 1. The van der Waals surface area contributed by atoms with Gasteiger partial charge in [-0.2, -0.15) is 5.10 Å². The van der Waals surface area contributed by atoms with Crippen molar-refractivity contribution in [2.45, 2.75) is 46.2 Å². The Balaban J connectivity index is 1.34. The summed E-state index contributed by atoms with van der Waals surface area (Å²) in [6.07, 6.45) is 2.71. The van der Waals surface area contributed by atoms with Crippen LogP contribution >= 0.6 is 0 Å². The summed E-state index contributed by atoms with van der Waals surface area (Å²) in [5.41, 5.74) is 5.63. The molecule has 0 atom stereocenters. The molecule has 1 aliphatic heterocycles. The Morgan fingerprint density at radius 1 is 1.00 bits per heavy atom. The van der Waals surface area contributed by atoms with E-state index in [1.54, 1.807) is 0 Å². The van der Waals surface area contributed by atoms with Crippen molar-refractivity contribution in [3.05, 3.63) is 89.5 Å². The number of nitrogens with one attached hydrogen (secondary N) is 1. The van der Waals surface area contributed by atoms with Crippen molar-refractivity contribution in [2.75, 3.05) is 11.9 Å². The Morgan fingerprint density at radius 3 is 2.57 bits per heavy atom. The van der Waals surface area contributed by atoms with E-state index < -0.39 is 0 Å². The summed E-state index contributed by atoms with van der Waals surface area (Å²) >= 11 is 0. The Bertz CT molecular complexity index is 1370. The zero-order valence-corrected chi connectivity index (χ0v) is 20.6. The van der Waals surface area contributed by atoms with E-state index in [4.69, 9.17) is 0 Å². The number of hydrogen-bond donors (Lipinski definition) is 1. The van der Waals surface area contributed by atoms with Crippen LogP contribution in [0.4, 0.5) is 11.5 Å². The molecule has 178 valence electrons. The molecule has 7 heteroatoms. The first-order valence-electron chi connectivity index (χ1n) is 11.9. The van der Waals surface area contributed by atoms with Crippen LogP contribution in [0.15, 0.2) is 66.9 Å². The maximum absolute atomic E-state index is 13.4. The summed E-state index contributed by atoms with van der Waals surface area (Å²) in [6.45, 7) is 9.59. The minimum Gasteiger partial charge on any atom is -0.340 e. The Hall–Kier alpha value is -4.00. The first-order chi connectivity index (χ1) is 16.8. The Kier molecular flexibility index (Phi) is 5.84. The molecule has 0 spiro atoms. The molecule has 5 rings (SSSR count). The molecular formula is C28H30N6O. The molecule has 0 unspecified atom stereocenters. The number of rotatable bonds is 4. The molecule has 7 nitrogen and oxygen atoms in total. The van der Waals surface area contributed by atoms with Gasteiger partial charge in [-0.25, -0.2) is 9.97 Å². The summed E-state index contributed by atoms with van der Waals surface area (Å²) in [5.74, 6) is 1.39. The molecule has 1 aliphatic rings. The molecule has 1 N–H and O–H groups in total. The van der Waals surface area contributed by atoms with E-state index in [9.17, 15) is 4.79 Å². The number of benzene rings is 2. The van der Waals surface area contributed by atoms with Crippen molar-refractivity contribution in [3.63, 3.8) is 0 Å². The molecule has 2 aromatic heterocycles. The summed E-state index contributed by atoms with van der Waals surface area (Å²) in [6, 6.07) is 19.5. The third kappa shape index (κ3) is 4.80. The summed E-state index contributed by atoms with van der Waals surface area (Å²) in [7, 11) is 0. The molecule has 0 bridgehead atoms. The van der Waals surface area contributed by atoms with Gasteiger partial charge in [0.15, 0.2) is 0 Å². The molecule has 4 aromatic rings. The van der Waals surface area contributed by atoms with Gasteiger partial charge in [0.2, 0.25) is 0 Å². The predicted molar refractivity (Wildman–Crippen MR) is 138 cm³/mol. The second-order valence-corrected chi connectivity index (χ2v) is 9.93. The van der Waals surface area contributed by atoms with Gasteiger partial charge in [-0.15, -0.1) is 0 Å². The molecule has 1 amide bonds. The van der Waals surface area contributed by atoms with Gasteiger partial charge in [-0.3, -0.25) is 9.48 Å². The minimum absolute atomic E-state index is 0.0200. The summed E-state index contributed by atoms with van der Waals surface area (Å²) < 4.78 is 2.09. The molecule has 35 heavy (non-hydrogen) atoms. The predicted octanol–water partition coefficient (Wildman–Crippen LogP) is 5.35. The maximum Gasteiger partial charge on any atom is 0.254 e. The van der Waals surface area contributed by atoms with Crippen LogP contribution in [0.3, 0.4) is 0 Å². The van der Waals surface area contributed by atoms with E-state index in [1.807, 2.05) is 78.7 Å². The SMILES string of the molecule is Cc1nc(Nc2cccc(C(=O)N3CCc4c(cnn4C(C)(C)C)C3)c2)cc(-c2ccccc2)n1. The molecular weight excluding hydrogens is 436 g/mol. The number of carbonyl (C=O) groups excluding carboxylic acids is 1. The van der Waals surface area contributed by atoms with Crippen LogP contribution in [0.1, 0.15) is 48.2 Å². The van der Waals surface area contributed by atoms with Crippen molar-refractivity contribution in [3.8, 4) is 11.3 Å². The van der Waals surface area contributed by atoms with Crippen LogP contribution in [0.25, 0.3) is 11.3 Å². The lowest BCUT2D eigenvalue weighted by atomic mass is 10.0. The lowest BCUT2D eigenvalue weighted by Gasteiger charge is -2.30. The monoisotopic (exact) mass is 466 g/mol. The molecule has 0 fully saturated rings. The van der Waals surface area contributed by atoms with Crippen LogP contribution in [-0.4, -0.2) is 37.1 Å². The molecule has 0 radical (unpaired) electrons. The van der Waals surface area contributed by atoms with Crippen LogP contribution in [0, 0.1) is 6.92 Å². The maximum atomic E-state index is 13.4. The van der Waals surface area contributed by atoms with Gasteiger partial charge in [0.05, 0.1) is 17.4 Å². The number of hydrogen-bond acceptors (Lipinski definition) is 5. The van der Waals surface area contributed by atoms with Crippen molar-refractivity contribution < 1.29 is 4.79 Å². The number of amides is 1. The van der Waals surface area contributed by atoms with Crippen LogP contribution in [0.2, 0.25) is 0 Å². The summed E-state index contributed by atoms with van der Waals surface area (Å²) in [5, 5.41) is 7.94. The third-order valence-corrected chi connectivity index (χ3v) is 6.15. The molecule has 0 aliphatic carbocycles. The fourth-order valence-corrected chi connectivity index (χ4v) is 4.53. The fourth-order valence-electron chi connectivity index (χ4n) is 4.53. The van der Waals surface area contributed by atoms with Crippen LogP contribution in [-0.2, 0) is 18.5 Å². The van der Waals surface area contributed by atoms with Gasteiger partial charge in [-0.1, -0.05) is 36.4 Å². The Morgan fingerprint density at radius 2 is 1.80 bits per heavy atom. The van der Waals surface area contributed by atoms with Gasteiger partial charge in [-0.05, 0) is 45.9 Å². The van der Waals surface area contributed by atoms with Crippen molar-refractivity contribution in [1.82, 2.24) is 24.6 Å². The smallest absolute Gasteiger partial charge is 0.254 e. The van der Waals surface area contributed by atoms with Crippen molar-refractivity contribution >= 4 is 17.4 Å². The van der Waals surface area contributed by atoms with E-state index in [2.05, 4.69) is 45.8 Å². The van der Waals surface area contributed by atoms with E-state index >= 15 is 0 Å². The van der Waals surface area contributed by atoms with Gasteiger partial charge in [0.25, 0.3) is 5.91 Å². The zero-order chi connectivity index (χ0) is 24.6. The summed E-state index contributed by atoms with van der Waals surface area (Å²) in [4.78, 5) is 24.4. The number of aryl methyl sites for hydroxylation is 1. The highest BCUT2D eigenvalue weighted by Gasteiger charge is 2.28. The van der Waals surface area contributed by atoms with Gasteiger partial charge >= 0.3 is 0 Å². The number of aromatic nitrogens is 4. The lowest BCUT2D eigenvalue weighted by molar-refractivity contribution is 0.0732. The first-order valence-corrected chi connectivity index (χ1v) is 11.9. The molecule has 2 aromatic carbocycles. The van der Waals surface area contributed by atoms with Gasteiger partial charge in [0.1, 0.15) is 11.6 Å². The van der Waals surface area contributed by atoms with Gasteiger partial charge in [0, 0.05) is 53.6 Å². The van der Waals surface area contributed by atoms with Crippen LogP contribution < -0.4 is 5.32 Å². The fraction of sp³-hybridized carbons (Fsp3) is 0.286. The molecule has 0 saturated heterocycles. The third-order valence-electron chi connectivity index (χ3n) is 6.15. The lowest BCUT2D eigenvalue weighted by Crippen LogP contribution is -2.37. The number of anilines is 2. The highest BCUT2D eigenvalue weighted by Crippen LogP contribution is 2.26. The van der Waals surface area contributed by atoms with Crippen LogP contribution in [0.5, 0.6) is 0 Å². The van der Waals surface area contributed by atoms with E-state index in [1.165, 1.54) is 5.69 Å². The van der Waals surface area contributed by atoms with Crippen molar-refractivity contribution in [2.24, 2.45) is 0 Å². The first kappa shape index (κ1) is 22.8. The average molecular weight is 467 g/mol. The highest BCUT2D eigenvalue weighted by atomic mass is 16.2. The standard InChI is InChI=1S/C28H30N6O/c1-19-30-24(20-9-6-5-7-10-20)16-26(31-19)32-23-12-8-11-21(15-23)27(35)33-14-13-25-22(18-33)17-29-34(25)28(2,3)4/h5-12,15-17H,13-14,18H2,1-4H3,(H,30,31,32). The topological polar surface area (TPSA) is 75.9 Å². The minimum atomic E-state index is -0.0700. The van der Waals surface area contributed by atoms with E-state index in [-0.39, 0.29) is 11.4 Å². The molecule has 3 heterocycles. The average Bonchev–Trinajstić information content (AvgIpc) is 3.28. The van der Waals surface area contributed by atoms with E-state index in [0.29, 0.717) is 30.3 Å². The van der Waals surface area contributed by atoms with Gasteiger partial charge < -0.3 is 10.2 Å². The highest BCUT2D eigenvalue weighted by molar-refractivity contribution is 5.95. The van der Waals surface area contributed by atoms with Crippen molar-refractivity contribution in [1.29, 1.82) is 0 Å². The quantitative estimate of drug-likeness (QED) is 0.439. The van der Waals surface area contributed by atoms with E-state index in [0.717, 1.165) is 28.9 Å². The molecule has 0 saturated carbocycles. The second-order valence-electron chi connectivity index (χ2n) is 9.93. The largest absolute Gasteiger partial charge is 0.340 e. The Labute approximate surface area is 205 Å². The zero-order valence-electron chi connectivity index (χ0n) is 20.6. The number of nitrogens with zero attached hydrogens (tertiary/aromatic N) is 5.